The second-order valence-corrected chi connectivity index (χ2v) is 14.1. The number of rotatable bonds is 18. The minimum atomic E-state index is -1.24. The van der Waals surface area contributed by atoms with Crippen molar-refractivity contribution < 1.29 is 23.6 Å². The van der Waals surface area contributed by atoms with Crippen molar-refractivity contribution in [3.05, 3.63) is 90.1 Å². The van der Waals surface area contributed by atoms with Gasteiger partial charge in [-0.3, -0.25) is 9.00 Å². The van der Waals surface area contributed by atoms with Crippen molar-refractivity contribution >= 4 is 34.3 Å². The first-order valence-corrected chi connectivity index (χ1v) is 18.8. The van der Waals surface area contributed by atoms with Crippen LogP contribution in [0.25, 0.3) is 17.2 Å². The van der Waals surface area contributed by atoms with Crippen molar-refractivity contribution in [2.45, 2.75) is 63.6 Å². The van der Waals surface area contributed by atoms with Crippen LogP contribution in [0.5, 0.6) is 5.75 Å². The fraction of sp³-hybridized carbons (Fsp3) is 0.410. The predicted molar refractivity (Wildman–Crippen MR) is 200 cm³/mol. The van der Waals surface area contributed by atoms with Crippen molar-refractivity contribution in [3.63, 3.8) is 0 Å². The molecule has 2 atom stereocenters. The number of amides is 1. The van der Waals surface area contributed by atoms with Gasteiger partial charge in [-0.2, -0.15) is 0 Å². The number of aromatic nitrogens is 3. The molecule has 0 aliphatic carbocycles. The van der Waals surface area contributed by atoms with E-state index in [0.717, 1.165) is 79.3 Å². The summed E-state index contributed by atoms with van der Waals surface area (Å²) in [7, 11) is -1.24. The number of pyridine rings is 1. The lowest BCUT2D eigenvalue weighted by Gasteiger charge is -2.21. The molecule has 2 aromatic carbocycles. The van der Waals surface area contributed by atoms with E-state index in [1.165, 1.54) is 0 Å². The quantitative estimate of drug-likeness (QED) is 0.0869. The van der Waals surface area contributed by atoms with Crippen molar-refractivity contribution in [1.29, 1.82) is 0 Å². The average molecular weight is 700 g/mol. The van der Waals surface area contributed by atoms with Crippen LogP contribution in [-0.4, -0.2) is 69.3 Å². The summed E-state index contributed by atoms with van der Waals surface area (Å²) >= 11 is 0. The fourth-order valence-electron chi connectivity index (χ4n) is 5.83. The normalized spacial score (nSPS) is 15.3. The lowest BCUT2D eigenvalue weighted by molar-refractivity contribution is -0.112. The largest absolute Gasteiger partial charge is 0.491 e. The molecule has 11 heteroatoms. The van der Waals surface area contributed by atoms with Gasteiger partial charge in [-0.25, -0.2) is 9.97 Å². The fourth-order valence-corrected chi connectivity index (χ4v) is 6.95. The number of hydrogen-bond acceptors (Lipinski definition) is 8. The van der Waals surface area contributed by atoms with Crippen LogP contribution >= 0.6 is 0 Å². The van der Waals surface area contributed by atoms with Crippen LogP contribution in [0.4, 0.5) is 11.5 Å². The van der Waals surface area contributed by atoms with Gasteiger partial charge in [-0.1, -0.05) is 32.4 Å². The number of unbranched alkanes of at least 4 members (excludes halogenated alkanes) is 1. The topological polar surface area (TPSA) is 119 Å². The third-order valence-electron chi connectivity index (χ3n) is 8.71. The highest BCUT2D eigenvalue weighted by atomic mass is 32.2. The number of aryl methyl sites for hydroxylation is 1. The summed E-state index contributed by atoms with van der Waals surface area (Å²) in [5.41, 5.74) is 4.80. The van der Waals surface area contributed by atoms with Gasteiger partial charge in [0, 0.05) is 78.4 Å². The lowest BCUT2D eigenvalue weighted by Crippen LogP contribution is -2.22. The standard InChI is InChI=1S/C39H49N5O5S/c1-4-6-18-48-19-20-49-36-11-7-31(8-12-36)33-22-32(38(41-23-33)43-17-15-30(25-43)26-45)21-29(3)39(46)42-34-9-13-37(14-10-34)50(47)27-35-24-40-28-44(35)16-5-2/h7-14,21-24,28,30,45H,4-6,15-20,25-27H2,1-3H3,(H,42,46)/b29-21+/t30?,50-/m0/s1. The molecule has 4 aromatic rings. The predicted octanol–water partition coefficient (Wildman–Crippen LogP) is 6.72. The molecule has 0 spiro atoms. The Morgan fingerprint density at radius 3 is 2.56 bits per heavy atom. The summed E-state index contributed by atoms with van der Waals surface area (Å²) in [6, 6.07) is 17.1. The first kappa shape index (κ1) is 36.9. The van der Waals surface area contributed by atoms with Gasteiger partial charge in [-0.15, -0.1) is 0 Å². The molecule has 1 aliphatic heterocycles. The van der Waals surface area contributed by atoms with E-state index in [0.29, 0.717) is 41.7 Å². The van der Waals surface area contributed by atoms with E-state index in [2.05, 4.69) is 35.1 Å². The van der Waals surface area contributed by atoms with Gasteiger partial charge in [0.15, 0.2) is 0 Å². The molecule has 0 bridgehead atoms. The van der Waals surface area contributed by atoms with E-state index in [-0.39, 0.29) is 18.4 Å². The molecule has 1 amide bonds. The number of imidazole rings is 1. The van der Waals surface area contributed by atoms with Crippen LogP contribution in [0.2, 0.25) is 0 Å². The molecule has 1 fully saturated rings. The number of nitrogens with one attached hydrogen (secondary N) is 1. The molecule has 3 heterocycles. The van der Waals surface area contributed by atoms with Gasteiger partial charge in [0.25, 0.3) is 5.91 Å². The van der Waals surface area contributed by atoms with Crippen LogP contribution in [0.15, 0.2) is 83.8 Å². The van der Waals surface area contributed by atoms with Gasteiger partial charge in [-0.05, 0) is 80.3 Å². The number of carbonyl (C=O) groups is 1. The monoisotopic (exact) mass is 699 g/mol. The van der Waals surface area contributed by atoms with Gasteiger partial charge >= 0.3 is 0 Å². The first-order valence-electron chi connectivity index (χ1n) is 17.5. The second-order valence-electron chi connectivity index (χ2n) is 12.6. The zero-order valence-electron chi connectivity index (χ0n) is 29.3. The van der Waals surface area contributed by atoms with E-state index in [1.54, 1.807) is 43.7 Å². The van der Waals surface area contributed by atoms with Gasteiger partial charge in [0.1, 0.15) is 18.2 Å². The summed E-state index contributed by atoms with van der Waals surface area (Å²) in [6.45, 7) is 10.3. The van der Waals surface area contributed by atoms with Crippen LogP contribution in [-0.2, 0) is 32.6 Å². The summed E-state index contributed by atoms with van der Waals surface area (Å²) in [6.07, 6.45) is 11.3. The molecule has 2 N–H and O–H groups in total. The summed E-state index contributed by atoms with van der Waals surface area (Å²) < 4.78 is 26.5. The molecular formula is C39H49N5O5S. The molecule has 266 valence electrons. The Kier molecular flexibility index (Phi) is 13.8. The molecular weight excluding hydrogens is 651 g/mol. The summed E-state index contributed by atoms with van der Waals surface area (Å²) in [5.74, 6) is 1.89. The number of aliphatic hydroxyl groups excluding tert-OH is 1. The van der Waals surface area contributed by atoms with Gasteiger partial charge < -0.3 is 29.4 Å². The van der Waals surface area contributed by atoms with E-state index < -0.39 is 10.8 Å². The maximum absolute atomic E-state index is 13.4. The zero-order chi connectivity index (χ0) is 35.3. The molecule has 0 saturated carbocycles. The van der Waals surface area contributed by atoms with Gasteiger partial charge in [0.2, 0.25) is 0 Å². The Labute approximate surface area is 298 Å². The molecule has 2 aromatic heterocycles. The highest BCUT2D eigenvalue weighted by molar-refractivity contribution is 7.84. The molecule has 1 aliphatic rings. The van der Waals surface area contributed by atoms with Crippen molar-refractivity contribution in [2.24, 2.45) is 5.92 Å². The Hall–Kier alpha value is -4.32. The third kappa shape index (κ3) is 10.1. The first-order chi connectivity index (χ1) is 24.4. The average Bonchev–Trinajstić information content (AvgIpc) is 3.80. The van der Waals surface area contributed by atoms with E-state index in [9.17, 15) is 14.1 Å². The van der Waals surface area contributed by atoms with Crippen molar-refractivity contribution in [2.75, 3.05) is 49.7 Å². The number of hydrogen-bond donors (Lipinski definition) is 2. The molecule has 50 heavy (non-hydrogen) atoms. The van der Waals surface area contributed by atoms with Gasteiger partial charge in [0.05, 0.1) is 35.2 Å². The summed E-state index contributed by atoms with van der Waals surface area (Å²) in [5, 5.41) is 12.7. The minimum Gasteiger partial charge on any atom is -0.491 e. The number of anilines is 2. The smallest absolute Gasteiger partial charge is 0.251 e. The minimum absolute atomic E-state index is 0.135. The van der Waals surface area contributed by atoms with E-state index in [4.69, 9.17) is 14.5 Å². The van der Waals surface area contributed by atoms with Crippen LogP contribution < -0.4 is 15.0 Å². The Bertz CT molecular complexity index is 1740. The Morgan fingerprint density at radius 2 is 1.84 bits per heavy atom. The lowest BCUT2D eigenvalue weighted by atomic mass is 10.0. The molecule has 10 nitrogen and oxygen atoms in total. The SMILES string of the molecule is CCCCOCCOc1ccc(-c2cnc(N3CCC(CO)C3)c(/C=C(\C)C(=O)Nc3ccc([S@@](=O)Cc4cncn4CCC)cc3)c2)cc1. The number of ether oxygens (including phenoxy) is 2. The van der Waals surface area contributed by atoms with Crippen LogP contribution in [0.3, 0.4) is 0 Å². The number of nitrogens with zero attached hydrogens (tertiary/aromatic N) is 4. The van der Waals surface area contributed by atoms with E-state index >= 15 is 0 Å². The van der Waals surface area contributed by atoms with Crippen LogP contribution in [0, 0.1) is 5.92 Å². The Morgan fingerprint density at radius 1 is 1.04 bits per heavy atom. The Balaban J connectivity index is 1.28. The summed E-state index contributed by atoms with van der Waals surface area (Å²) in [4.78, 5) is 25.3. The van der Waals surface area contributed by atoms with Crippen molar-refractivity contribution in [3.8, 4) is 16.9 Å². The number of aliphatic hydroxyl groups is 1. The molecule has 1 unspecified atom stereocenters. The maximum atomic E-state index is 13.4. The third-order valence-corrected chi connectivity index (χ3v) is 10.1. The molecule has 5 rings (SSSR count). The number of carbonyl (C=O) groups excluding carboxylic acids is 1. The zero-order valence-corrected chi connectivity index (χ0v) is 30.2. The number of benzene rings is 2. The second kappa shape index (κ2) is 18.6. The van der Waals surface area contributed by atoms with Crippen molar-refractivity contribution in [1.82, 2.24) is 14.5 Å². The highest BCUT2D eigenvalue weighted by Crippen LogP contribution is 2.31. The molecule has 0 radical (unpaired) electrons. The maximum Gasteiger partial charge on any atom is 0.251 e. The molecule has 1 saturated heterocycles. The van der Waals surface area contributed by atoms with E-state index in [1.807, 2.05) is 41.1 Å². The highest BCUT2D eigenvalue weighted by Gasteiger charge is 2.25. The van der Waals surface area contributed by atoms with Crippen LogP contribution in [0.1, 0.15) is 57.7 Å².